The molecule has 0 aliphatic heterocycles. The zero-order valence-corrected chi connectivity index (χ0v) is 9.55. The van der Waals surface area contributed by atoms with E-state index in [9.17, 15) is 0 Å². The summed E-state index contributed by atoms with van der Waals surface area (Å²) in [6.45, 7) is 4.08. The van der Waals surface area contributed by atoms with Crippen LogP contribution < -0.4 is 5.73 Å². The highest BCUT2D eigenvalue weighted by molar-refractivity contribution is 4.50. The molecule has 0 aromatic carbocycles. The van der Waals surface area contributed by atoms with Crippen LogP contribution in [0.25, 0.3) is 0 Å². The molecule has 13 heavy (non-hydrogen) atoms. The van der Waals surface area contributed by atoms with Crippen molar-refractivity contribution in [2.24, 2.45) is 5.73 Å². The van der Waals surface area contributed by atoms with Crippen LogP contribution in [-0.4, -0.2) is 18.3 Å². The number of hydrogen-bond donors (Lipinski definition) is 2. The lowest BCUT2D eigenvalue weighted by Gasteiger charge is -2.05. The fourth-order valence-electron chi connectivity index (χ4n) is 0.787. The Morgan fingerprint density at radius 2 is 1.46 bits per heavy atom. The van der Waals surface area contributed by atoms with Gasteiger partial charge in [-0.25, -0.2) is 0 Å². The van der Waals surface area contributed by atoms with E-state index in [0.717, 1.165) is 19.3 Å². The molecule has 0 bridgehead atoms. The van der Waals surface area contributed by atoms with Crippen LogP contribution in [-0.2, 0) is 0 Å². The lowest BCUT2D eigenvalue weighted by Crippen LogP contribution is -2.01. The average Bonchev–Trinajstić information content (AvgIpc) is 2.05. The zero-order valence-electron chi connectivity index (χ0n) is 9.55. The van der Waals surface area contributed by atoms with Gasteiger partial charge in [-0.2, -0.15) is 0 Å². The summed E-state index contributed by atoms with van der Waals surface area (Å²) >= 11 is 0. The van der Waals surface area contributed by atoms with Gasteiger partial charge in [0.15, 0.2) is 0 Å². The van der Waals surface area contributed by atoms with Crippen molar-refractivity contribution in [3.8, 4) is 0 Å². The van der Waals surface area contributed by atoms with Crippen LogP contribution in [0.4, 0.5) is 0 Å². The van der Waals surface area contributed by atoms with Crippen molar-refractivity contribution < 1.29 is 5.11 Å². The Morgan fingerprint density at radius 1 is 1.08 bits per heavy atom. The van der Waals surface area contributed by atoms with Crippen molar-refractivity contribution in [3.05, 3.63) is 0 Å². The molecule has 1 fully saturated rings. The standard InChI is InChI=1S/C6H14O.C4H8.CH5N/c1-3-5-6(7)4-2;1-2-4-3-1;1-2/h6-7H,3-5H2,1-2H3;1-4H2;2H2,1H3. The topological polar surface area (TPSA) is 46.2 Å². The molecule has 2 nitrogen and oxygen atoms in total. The molecule has 1 unspecified atom stereocenters. The molecule has 1 aliphatic rings. The Balaban J connectivity index is 0. The van der Waals surface area contributed by atoms with Crippen molar-refractivity contribution >= 4 is 0 Å². The Hall–Kier alpha value is -0.0800. The van der Waals surface area contributed by atoms with E-state index >= 15 is 0 Å². The first-order chi connectivity index (χ1) is 6.31. The van der Waals surface area contributed by atoms with Crippen LogP contribution in [0.1, 0.15) is 58.8 Å². The Labute approximate surface area is 83.5 Å². The van der Waals surface area contributed by atoms with Crippen LogP contribution in [0.2, 0.25) is 0 Å². The van der Waals surface area contributed by atoms with E-state index < -0.39 is 0 Å². The van der Waals surface area contributed by atoms with Crippen molar-refractivity contribution in [2.45, 2.75) is 64.9 Å². The third kappa shape index (κ3) is 14.7. The second kappa shape index (κ2) is 14.4. The summed E-state index contributed by atoms with van der Waals surface area (Å²) < 4.78 is 0. The molecule has 0 saturated heterocycles. The molecule has 1 atom stereocenters. The maximum Gasteiger partial charge on any atom is 0.0537 e. The van der Waals surface area contributed by atoms with E-state index in [4.69, 9.17) is 5.11 Å². The highest BCUT2D eigenvalue weighted by Gasteiger charge is 1.95. The molecule has 1 rings (SSSR count). The molecule has 3 N–H and O–H groups in total. The Morgan fingerprint density at radius 3 is 1.54 bits per heavy atom. The number of nitrogens with two attached hydrogens (primary N) is 1. The van der Waals surface area contributed by atoms with Crippen molar-refractivity contribution in [1.82, 2.24) is 0 Å². The molecule has 1 aliphatic carbocycles. The largest absolute Gasteiger partial charge is 0.393 e. The van der Waals surface area contributed by atoms with Gasteiger partial charge in [-0.3, -0.25) is 0 Å². The first kappa shape index (κ1) is 15.4. The van der Waals surface area contributed by atoms with Gasteiger partial charge in [0.2, 0.25) is 0 Å². The minimum Gasteiger partial charge on any atom is -0.393 e. The highest BCUT2D eigenvalue weighted by atomic mass is 16.3. The van der Waals surface area contributed by atoms with Crippen molar-refractivity contribution in [2.75, 3.05) is 7.05 Å². The van der Waals surface area contributed by atoms with E-state index in [1.165, 1.54) is 32.7 Å². The number of hydrogen-bond acceptors (Lipinski definition) is 2. The van der Waals surface area contributed by atoms with E-state index in [1.807, 2.05) is 6.92 Å². The van der Waals surface area contributed by atoms with E-state index in [1.54, 1.807) is 0 Å². The van der Waals surface area contributed by atoms with Crippen LogP contribution in [0.5, 0.6) is 0 Å². The van der Waals surface area contributed by atoms with Crippen molar-refractivity contribution in [1.29, 1.82) is 0 Å². The number of aliphatic hydroxyl groups is 1. The molecule has 0 heterocycles. The molecule has 0 radical (unpaired) electrons. The Kier molecular flexibility index (Phi) is 17.1. The molecule has 0 aromatic heterocycles. The third-order valence-corrected chi connectivity index (χ3v) is 2.09. The molecule has 1 saturated carbocycles. The number of aliphatic hydroxyl groups excluding tert-OH is 1. The minimum absolute atomic E-state index is 0.0509. The molecule has 0 aromatic rings. The van der Waals surface area contributed by atoms with Gasteiger partial charge in [-0.15, -0.1) is 0 Å². The van der Waals surface area contributed by atoms with Gasteiger partial charge >= 0.3 is 0 Å². The average molecular weight is 189 g/mol. The lowest BCUT2D eigenvalue weighted by molar-refractivity contribution is 0.159. The third-order valence-electron chi connectivity index (χ3n) is 2.09. The fraction of sp³-hybridized carbons (Fsp3) is 1.00. The Bertz CT molecular complexity index is 68.5. The maximum absolute atomic E-state index is 8.86. The summed E-state index contributed by atoms with van der Waals surface area (Å²) in [5.74, 6) is 0. The molecular formula is C11H27NO. The SMILES string of the molecule is C1CCC1.CCCC(O)CC.CN. The molecule has 82 valence electrons. The monoisotopic (exact) mass is 189 g/mol. The van der Waals surface area contributed by atoms with Crippen LogP contribution in [0, 0.1) is 0 Å². The number of rotatable bonds is 3. The predicted molar refractivity (Wildman–Crippen MR) is 59.8 cm³/mol. The summed E-state index contributed by atoms with van der Waals surface area (Å²) in [7, 11) is 1.50. The summed E-state index contributed by atoms with van der Waals surface area (Å²) in [4.78, 5) is 0. The second-order valence-corrected chi connectivity index (χ2v) is 3.26. The predicted octanol–water partition coefficient (Wildman–Crippen LogP) is 2.69. The van der Waals surface area contributed by atoms with Crippen LogP contribution in [0.3, 0.4) is 0 Å². The molecule has 2 heteroatoms. The minimum atomic E-state index is -0.0509. The van der Waals surface area contributed by atoms with E-state index in [0.29, 0.717) is 0 Å². The molecular weight excluding hydrogens is 162 g/mol. The molecule has 0 amide bonds. The smallest absolute Gasteiger partial charge is 0.0537 e. The van der Waals surface area contributed by atoms with Gasteiger partial charge in [0.05, 0.1) is 6.10 Å². The summed E-state index contributed by atoms with van der Waals surface area (Å²) in [6, 6.07) is 0. The van der Waals surface area contributed by atoms with Crippen LogP contribution >= 0.6 is 0 Å². The first-order valence-corrected chi connectivity index (χ1v) is 5.57. The highest BCUT2D eigenvalue weighted by Crippen LogP contribution is 2.15. The quantitative estimate of drug-likeness (QED) is 0.717. The van der Waals surface area contributed by atoms with Gasteiger partial charge in [-0.05, 0) is 19.9 Å². The van der Waals surface area contributed by atoms with Gasteiger partial charge in [0, 0.05) is 0 Å². The van der Waals surface area contributed by atoms with Crippen molar-refractivity contribution in [3.63, 3.8) is 0 Å². The van der Waals surface area contributed by atoms with Gasteiger partial charge < -0.3 is 10.8 Å². The maximum atomic E-state index is 8.86. The van der Waals surface area contributed by atoms with Gasteiger partial charge in [0.25, 0.3) is 0 Å². The van der Waals surface area contributed by atoms with E-state index in [-0.39, 0.29) is 6.10 Å². The summed E-state index contributed by atoms with van der Waals surface area (Å²) in [5.41, 5.74) is 4.50. The zero-order chi connectivity index (χ0) is 10.5. The summed E-state index contributed by atoms with van der Waals surface area (Å²) in [5, 5.41) is 8.86. The summed E-state index contributed by atoms with van der Waals surface area (Å²) in [6.07, 6.45) is 8.89. The first-order valence-electron chi connectivity index (χ1n) is 5.57. The second-order valence-electron chi connectivity index (χ2n) is 3.26. The molecule has 0 spiro atoms. The normalized spacial score (nSPS) is 15.5. The van der Waals surface area contributed by atoms with Gasteiger partial charge in [0.1, 0.15) is 0 Å². The fourth-order valence-corrected chi connectivity index (χ4v) is 0.787. The van der Waals surface area contributed by atoms with Gasteiger partial charge in [-0.1, -0.05) is 46.0 Å². The van der Waals surface area contributed by atoms with E-state index in [2.05, 4.69) is 12.7 Å². The van der Waals surface area contributed by atoms with Crippen LogP contribution in [0.15, 0.2) is 0 Å². The lowest BCUT2D eigenvalue weighted by atomic mass is 10.0.